The molecule has 3 nitrogen and oxygen atoms in total. The van der Waals surface area contributed by atoms with Crippen LogP contribution in [0.25, 0.3) is 21.7 Å². The Bertz CT molecular complexity index is 800. The zero-order valence-electron chi connectivity index (χ0n) is 11.2. The van der Waals surface area contributed by atoms with Gasteiger partial charge in [0.1, 0.15) is 5.69 Å². The molecular formula is C16H13BrN2OS. The van der Waals surface area contributed by atoms with E-state index in [9.17, 15) is 0 Å². The highest BCUT2D eigenvalue weighted by Gasteiger charge is 2.23. The predicted octanol–water partition coefficient (Wildman–Crippen LogP) is 4.90. The Kier molecular flexibility index (Phi) is 3.12. The van der Waals surface area contributed by atoms with Gasteiger partial charge in [-0.05, 0) is 37.0 Å². The number of hydrogen-bond acceptors (Lipinski definition) is 4. The number of hydrogen-bond donors (Lipinski definition) is 1. The molecule has 5 heteroatoms. The topological polar surface area (TPSA) is 52.0 Å². The van der Waals surface area contributed by atoms with Crippen molar-refractivity contribution in [1.82, 2.24) is 5.16 Å². The maximum Gasteiger partial charge on any atom is 0.230 e. The van der Waals surface area contributed by atoms with E-state index in [0.29, 0.717) is 5.88 Å². The first-order valence-electron chi connectivity index (χ1n) is 6.86. The Morgan fingerprint density at radius 1 is 1.24 bits per heavy atom. The van der Waals surface area contributed by atoms with E-state index in [2.05, 4.69) is 27.2 Å². The van der Waals surface area contributed by atoms with Crippen LogP contribution in [-0.2, 0) is 12.8 Å². The van der Waals surface area contributed by atoms with Gasteiger partial charge in [-0.25, -0.2) is 0 Å². The van der Waals surface area contributed by atoms with Crippen molar-refractivity contribution < 1.29 is 4.52 Å². The summed E-state index contributed by atoms with van der Waals surface area (Å²) in [5.41, 5.74) is 10.2. The SMILES string of the molecule is Nc1onc(-c2cc3c(s2)CCC3)c1-c1ccccc1Br. The largest absolute Gasteiger partial charge is 0.367 e. The molecule has 1 aliphatic carbocycles. The highest BCUT2D eigenvalue weighted by Crippen LogP contribution is 2.43. The van der Waals surface area contributed by atoms with E-state index >= 15 is 0 Å². The minimum absolute atomic E-state index is 0.366. The number of benzene rings is 1. The molecule has 0 fully saturated rings. The minimum atomic E-state index is 0.366. The number of fused-ring (bicyclic) bond motifs is 1. The summed E-state index contributed by atoms with van der Waals surface area (Å²) >= 11 is 5.39. The fraction of sp³-hybridized carbons (Fsp3) is 0.188. The van der Waals surface area contributed by atoms with Crippen molar-refractivity contribution in [3.8, 4) is 21.7 Å². The van der Waals surface area contributed by atoms with Gasteiger partial charge >= 0.3 is 0 Å². The lowest BCUT2D eigenvalue weighted by molar-refractivity contribution is 0.439. The molecule has 0 saturated carbocycles. The second-order valence-corrected chi connectivity index (χ2v) is 7.15. The second kappa shape index (κ2) is 5.00. The third-order valence-corrected chi connectivity index (χ3v) is 5.78. The van der Waals surface area contributed by atoms with E-state index in [0.717, 1.165) is 26.2 Å². The third kappa shape index (κ3) is 2.12. The van der Waals surface area contributed by atoms with Crippen molar-refractivity contribution in [2.75, 3.05) is 5.73 Å². The molecule has 21 heavy (non-hydrogen) atoms. The number of anilines is 1. The number of halogens is 1. The Morgan fingerprint density at radius 3 is 2.90 bits per heavy atom. The third-order valence-electron chi connectivity index (χ3n) is 3.84. The second-order valence-electron chi connectivity index (χ2n) is 5.16. The smallest absolute Gasteiger partial charge is 0.230 e. The Hall–Kier alpha value is -1.59. The molecule has 4 rings (SSSR count). The number of aryl methyl sites for hydroxylation is 2. The summed E-state index contributed by atoms with van der Waals surface area (Å²) in [5, 5.41) is 4.21. The molecule has 0 unspecified atom stereocenters. The molecule has 0 amide bonds. The lowest BCUT2D eigenvalue weighted by Gasteiger charge is -2.03. The Balaban J connectivity index is 1.89. The fourth-order valence-electron chi connectivity index (χ4n) is 2.84. The molecule has 0 saturated heterocycles. The minimum Gasteiger partial charge on any atom is -0.367 e. The first-order valence-corrected chi connectivity index (χ1v) is 8.47. The van der Waals surface area contributed by atoms with Crippen LogP contribution in [-0.4, -0.2) is 5.16 Å². The summed E-state index contributed by atoms with van der Waals surface area (Å²) in [6, 6.07) is 10.2. The van der Waals surface area contributed by atoms with Gasteiger partial charge < -0.3 is 10.3 Å². The molecule has 0 bridgehead atoms. The number of thiophene rings is 1. The fourth-order valence-corrected chi connectivity index (χ4v) is 4.57. The zero-order chi connectivity index (χ0) is 14.4. The van der Waals surface area contributed by atoms with E-state index < -0.39 is 0 Å². The van der Waals surface area contributed by atoms with Crippen LogP contribution in [0.2, 0.25) is 0 Å². The molecule has 0 spiro atoms. The van der Waals surface area contributed by atoms with Gasteiger partial charge in [-0.3, -0.25) is 0 Å². The standard InChI is InChI=1S/C16H13BrN2OS/c17-11-6-2-1-5-10(11)14-15(19-20-16(14)18)13-8-9-4-3-7-12(9)21-13/h1-2,5-6,8H,3-4,7,18H2. The van der Waals surface area contributed by atoms with Crippen molar-refractivity contribution in [2.45, 2.75) is 19.3 Å². The van der Waals surface area contributed by atoms with E-state index in [1.807, 2.05) is 35.6 Å². The predicted molar refractivity (Wildman–Crippen MR) is 89.4 cm³/mol. The number of aromatic nitrogens is 1. The van der Waals surface area contributed by atoms with Gasteiger partial charge in [0.15, 0.2) is 0 Å². The van der Waals surface area contributed by atoms with Crippen LogP contribution in [0, 0.1) is 0 Å². The molecule has 2 aromatic heterocycles. The lowest BCUT2D eigenvalue weighted by Crippen LogP contribution is -1.87. The molecule has 106 valence electrons. The number of nitrogens with two attached hydrogens (primary N) is 1. The quantitative estimate of drug-likeness (QED) is 0.706. The van der Waals surface area contributed by atoms with Crippen molar-refractivity contribution in [1.29, 1.82) is 0 Å². The molecule has 1 aliphatic rings. The average molecular weight is 361 g/mol. The van der Waals surface area contributed by atoms with Crippen LogP contribution in [0.3, 0.4) is 0 Å². The first-order chi connectivity index (χ1) is 10.2. The highest BCUT2D eigenvalue weighted by molar-refractivity contribution is 9.10. The van der Waals surface area contributed by atoms with E-state index in [4.69, 9.17) is 10.3 Å². The maximum atomic E-state index is 6.03. The van der Waals surface area contributed by atoms with Crippen LogP contribution in [0.1, 0.15) is 16.9 Å². The monoisotopic (exact) mass is 360 g/mol. The normalized spacial score (nSPS) is 13.6. The summed E-state index contributed by atoms with van der Waals surface area (Å²) in [5.74, 6) is 0.366. The molecule has 1 aromatic carbocycles. The lowest BCUT2D eigenvalue weighted by atomic mass is 10.0. The zero-order valence-corrected chi connectivity index (χ0v) is 13.6. The summed E-state index contributed by atoms with van der Waals surface area (Å²) in [4.78, 5) is 2.62. The summed E-state index contributed by atoms with van der Waals surface area (Å²) < 4.78 is 6.26. The Labute approximate surface area is 134 Å². The van der Waals surface area contributed by atoms with Gasteiger partial charge in [-0.2, -0.15) is 0 Å². The molecular weight excluding hydrogens is 348 g/mol. The summed E-state index contributed by atoms with van der Waals surface area (Å²) in [7, 11) is 0. The molecule has 2 heterocycles. The van der Waals surface area contributed by atoms with Crippen LogP contribution in [0.15, 0.2) is 39.3 Å². The summed E-state index contributed by atoms with van der Waals surface area (Å²) in [6.07, 6.45) is 3.61. The first kappa shape index (κ1) is 13.1. The molecule has 3 aromatic rings. The van der Waals surface area contributed by atoms with Crippen molar-refractivity contribution >= 4 is 33.2 Å². The molecule has 2 N–H and O–H groups in total. The maximum absolute atomic E-state index is 6.03. The van der Waals surface area contributed by atoms with Gasteiger partial charge in [0, 0.05) is 14.9 Å². The van der Waals surface area contributed by atoms with Crippen molar-refractivity contribution in [2.24, 2.45) is 0 Å². The summed E-state index contributed by atoms with van der Waals surface area (Å²) in [6.45, 7) is 0. The van der Waals surface area contributed by atoms with Gasteiger partial charge in [-0.1, -0.05) is 39.3 Å². The van der Waals surface area contributed by atoms with Crippen molar-refractivity contribution in [3.63, 3.8) is 0 Å². The van der Waals surface area contributed by atoms with Crippen molar-refractivity contribution in [3.05, 3.63) is 45.2 Å². The molecule has 0 aliphatic heterocycles. The van der Waals surface area contributed by atoms with Crippen LogP contribution in [0.5, 0.6) is 0 Å². The molecule has 0 atom stereocenters. The van der Waals surface area contributed by atoms with E-state index in [1.54, 1.807) is 0 Å². The number of rotatable bonds is 2. The van der Waals surface area contributed by atoms with E-state index in [-0.39, 0.29) is 0 Å². The van der Waals surface area contributed by atoms with Gasteiger partial charge in [0.25, 0.3) is 0 Å². The Morgan fingerprint density at radius 2 is 2.10 bits per heavy atom. The van der Waals surface area contributed by atoms with Gasteiger partial charge in [-0.15, -0.1) is 11.3 Å². The van der Waals surface area contributed by atoms with Crippen LogP contribution in [0.4, 0.5) is 5.88 Å². The van der Waals surface area contributed by atoms with E-state index in [1.165, 1.54) is 29.7 Å². The van der Waals surface area contributed by atoms with Crippen LogP contribution >= 0.6 is 27.3 Å². The highest BCUT2D eigenvalue weighted by atomic mass is 79.9. The number of nitrogens with zero attached hydrogens (tertiary/aromatic N) is 1. The number of nitrogen functional groups attached to an aromatic ring is 1. The van der Waals surface area contributed by atoms with Crippen LogP contribution < -0.4 is 5.73 Å². The average Bonchev–Trinajstić information content (AvgIpc) is 3.13. The van der Waals surface area contributed by atoms with Gasteiger partial charge in [0.2, 0.25) is 5.88 Å². The molecule has 0 radical (unpaired) electrons. The van der Waals surface area contributed by atoms with Gasteiger partial charge in [0.05, 0.1) is 10.4 Å².